The molecule has 26 heavy (non-hydrogen) atoms. The number of H-pyrrole nitrogens is 1. The maximum Gasteiger partial charge on any atom is 0.252 e. The Morgan fingerprint density at radius 1 is 1.04 bits per heavy atom. The summed E-state index contributed by atoms with van der Waals surface area (Å²) in [5.41, 5.74) is 6.87. The molecule has 2 amide bonds. The van der Waals surface area contributed by atoms with E-state index in [-0.39, 0.29) is 24.3 Å². The Morgan fingerprint density at radius 2 is 1.73 bits per heavy atom. The average Bonchev–Trinajstić information content (AvgIpc) is 2.62. The van der Waals surface area contributed by atoms with Crippen LogP contribution in [-0.4, -0.2) is 16.8 Å². The first-order valence-electron chi connectivity index (χ1n) is 8.26. The normalized spacial score (nSPS) is 11.8. The first-order valence-corrected chi connectivity index (χ1v) is 8.26. The Hall–Kier alpha value is -3.41. The van der Waals surface area contributed by atoms with Crippen molar-refractivity contribution in [2.75, 3.05) is 0 Å². The number of rotatable bonds is 6. The molecule has 6 heteroatoms. The molecule has 1 aromatic heterocycles. The van der Waals surface area contributed by atoms with Crippen molar-refractivity contribution in [3.63, 3.8) is 0 Å². The van der Waals surface area contributed by atoms with E-state index in [2.05, 4.69) is 10.3 Å². The van der Waals surface area contributed by atoms with E-state index in [1.165, 1.54) is 0 Å². The fourth-order valence-corrected chi connectivity index (χ4v) is 2.88. The minimum absolute atomic E-state index is 0.0101. The number of nitrogens with one attached hydrogen (secondary N) is 2. The quantitative estimate of drug-likeness (QED) is 0.632. The van der Waals surface area contributed by atoms with E-state index in [9.17, 15) is 14.4 Å². The molecule has 4 N–H and O–H groups in total. The number of amides is 2. The summed E-state index contributed by atoms with van der Waals surface area (Å²) in [4.78, 5) is 38.8. The van der Waals surface area contributed by atoms with E-state index in [1.807, 2.05) is 48.5 Å². The van der Waals surface area contributed by atoms with Gasteiger partial charge in [0.15, 0.2) is 0 Å². The van der Waals surface area contributed by atoms with Gasteiger partial charge >= 0.3 is 0 Å². The molecule has 0 radical (unpaired) electrons. The number of hydrogen-bond acceptors (Lipinski definition) is 3. The molecular weight excluding hydrogens is 330 g/mol. The highest BCUT2D eigenvalue weighted by Gasteiger charge is 2.18. The molecule has 0 saturated carbocycles. The van der Waals surface area contributed by atoms with Crippen LogP contribution in [0.2, 0.25) is 0 Å². The molecule has 0 aliphatic carbocycles. The van der Waals surface area contributed by atoms with Gasteiger partial charge in [-0.1, -0.05) is 48.5 Å². The van der Waals surface area contributed by atoms with Crippen LogP contribution < -0.4 is 16.6 Å². The highest BCUT2D eigenvalue weighted by atomic mass is 16.2. The van der Waals surface area contributed by atoms with Crippen LogP contribution in [0.25, 0.3) is 10.9 Å². The first kappa shape index (κ1) is 17.4. The monoisotopic (exact) mass is 349 g/mol. The summed E-state index contributed by atoms with van der Waals surface area (Å²) in [6.45, 7) is 0. The van der Waals surface area contributed by atoms with Crippen molar-refractivity contribution in [1.82, 2.24) is 10.3 Å². The Kier molecular flexibility index (Phi) is 5.12. The van der Waals surface area contributed by atoms with Gasteiger partial charge in [-0.15, -0.1) is 0 Å². The van der Waals surface area contributed by atoms with E-state index in [0.717, 1.165) is 16.5 Å². The Morgan fingerprint density at radius 3 is 2.46 bits per heavy atom. The van der Waals surface area contributed by atoms with E-state index in [4.69, 9.17) is 5.73 Å². The van der Waals surface area contributed by atoms with E-state index in [1.54, 1.807) is 12.1 Å². The molecule has 3 rings (SSSR count). The number of nitrogens with two attached hydrogens (primary N) is 1. The summed E-state index contributed by atoms with van der Waals surface area (Å²) in [5.74, 6) is -0.858. The molecular formula is C20H19N3O3. The molecule has 132 valence electrons. The second-order valence-corrected chi connectivity index (χ2v) is 6.09. The minimum atomic E-state index is -0.527. The highest BCUT2D eigenvalue weighted by Crippen LogP contribution is 2.16. The molecule has 0 aliphatic heterocycles. The smallest absolute Gasteiger partial charge is 0.252 e. The standard InChI is InChI=1S/C20H19N3O3/c21-18(24)12-17(13-6-2-1-3-7-13)22-19(25)11-15-10-14-8-4-5-9-16(14)23-20(15)26/h1-10,17H,11-12H2,(H2,21,24)(H,22,25)(H,23,26)/t17-/m0/s1. The number of carbonyl (C=O) groups excluding carboxylic acids is 2. The van der Waals surface area contributed by atoms with Crippen molar-refractivity contribution in [1.29, 1.82) is 0 Å². The van der Waals surface area contributed by atoms with Crippen molar-refractivity contribution >= 4 is 22.7 Å². The number of hydrogen-bond donors (Lipinski definition) is 3. The molecule has 0 aliphatic rings. The lowest BCUT2D eigenvalue weighted by molar-refractivity contribution is -0.122. The molecule has 6 nitrogen and oxygen atoms in total. The van der Waals surface area contributed by atoms with Gasteiger partial charge in [-0.3, -0.25) is 14.4 Å². The molecule has 0 bridgehead atoms. The van der Waals surface area contributed by atoms with Crippen LogP contribution >= 0.6 is 0 Å². The third kappa shape index (κ3) is 4.16. The number of aromatic amines is 1. The summed E-state index contributed by atoms with van der Waals surface area (Å²) in [7, 11) is 0. The average molecular weight is 349 g/mol. The van der Waals surface area contributed by atoms with Crippen LogP contribution in [0, 0.1) is 0 Å². The molecule has 0 fully saturated rings. The second-order valence-electron chi connectivity index (χ2n) is 6.09. The Balaban J connectivity index is 1.79. The van der Waals surface area contributed by atoms with Gasteiger partial charge in [0.05, 0.1) is 18.9 Å². The van der Waals surface area contributed by atoms with Crippen LogP contribution in [0.4, 0.5) is 0 Å². The van der Waals surface area contributed by atoms with Crippen LogP contribution in [0.3, 0.4) is 0 Å². The molecule has 0 saturated heterocycles. The Bertz CT molecular complexity index is 996. The lowest BCUT2D eigenvalue weighted by atomic mass is 10.0. The van der Waals surface area contributed by atoms with Crippen molar-refractivity contribution < 1.29 is 9.59 Å². The first-order chi connectivity index (χ1) is 12.5. The summed E-state index contributed by atoms with van der Waals surface area (Å²) in [6.07, 6.45) is -0.0912. The number of primary amides is 1. The third-order valence-electron chi connectivity index (χ3n) is 4.12. The predicted octanol–water partition coefficient (Wildman–Crippen LogP) is 1.80. The number of aromatic nitrogens is 1. The lowest BCUT2D eigenvalue weighted by Gasteiger charge is -2.18. The zero-order valence-corrected chi connectivity index (χ0v) is 14.1. The third-order valence-corrected chi connectivity index (χ3v) is 4.12. The van der Waals surface area contributed by atoms with Crippen molar-refractivity contribution in [3.8, 4) is 0 Å². The van der Waals surface area contributed by atoms with E-state index < -0.39 is 11.9 Å². The summed E-state index contributed by atoms with van der Waals surface area (Å²) >= 11 is 0. The molecule has 3 aromatic rings. The molecule has 2 aromatic carbocycles. The lowest BCUT2D eigenvalue weighted by Crippen LogP contribution is -2.33. The largest absolute Gasteiger partial charge is 0.370 e. The maximum atomic E-state index is 12.4. The number of benzene rings is 2. The van der Waals surface area contributed by atoms with E-state index >= 15 is 0 Å². The van der Waals surface area contributed by atoms with Crippen molar-refractivity contribution in [3.05, 3.63) is 82.1 Å². The number of para-hydroxylation sites is 1. The topological polar surface area (TPSA) is 105 Å². The highest BCUT2D eigenvalue weighted by molar-refractivity contribution is 5.83. The van der Waals surface area contributed by atoms with Crippen molar-refractivity contribution in [2.24, 2.45) is 5.73 Å². The fourth-order valence-electron chi connectivity index (χ4n) is 2.88. The van der Waals surface area contributed by atoms with Crippen LogP contribution in [0.1, 0.15) is 23.6 Å². The zero-order chi connectivity index (χ0) is 18.5. The van der Waals surface area contributed by atoms with Gasteiger partial charge in [-0.25, -0.2) is 0 Å². The predicted molar refractivity (Wildman–Crippen MR) is 99.4 cm³/mol. The van der Waals surface area contributed by atoms with Gasteiger partial charge in [0.25, 0.3) is 5.56 Å². The van der Waals surface area contributed by atoms with E-state index in [0.29, 0.717) is 5.56 Å². The fraction of sp³-hybridized carbons (Fsp3) is 0.150. The molecule has 1 heterocycles. The second kappa shape index (κ2) is 7.65. The number of pyridine rings is 1. The maximum absolute atomic E-state index is 12.4. The molecule has 0 spiro atoms. The summed E-state index contributed by atoms with van der Waals surface area (Å²) in [6, 6.07) is 17.7. The van der Waals surface area contributed by atoms with Gasteiger partial charge in [-0.05, 0) is 23.1 Å². The number of carbonyl (C=O) groups is 2. The van der Waals surface area contributed by atoms with Gasteiger partial charge in [-0.2, -0.15) is 0 Å². The van der Waals surface area contributed by atoms with Gasteiger partial charge in [0.2, 0.25) is 11.8 Å². The minimum Gasteiger partial charge on any atom is -0.370 e. The van der Waals surface area contributed by atoms with Gasteiger partial charge in [0.1, 0.15) is 0 Å². The SMILES string of the molecule is NC(=O)C[C@H](NC(=O)Cc1cc2ccccc2[nH]c1=O)c1ccccc1. The van der Waals surface area contributed by atoms with Crippen LogP contribution in [0.15, 0.2) is 65.5 Å². The van der Waals surface area contributed by atoms with Crippen LogP contribution in [0.5, 0.6) is 0 Å². The molecule has 1 atom stereocenters. The molecule has 0 unspecified atom stereocenters. The Labute approximate surface area is 150 Å². The summed E-state index contributed by atoms with van der Waals surface area (Å²) < 4.78 is 0. The van der Waals surface area contributed by atoms with Gasteiger partial charge < -0.3 is 16.0 Å². The van der Waals surface area contributed by atoms with Gasteiger partial charge in [0, 0.05) is 11.1 Å². The zero-order valence-electron chi connectivity index (χ0n) is 14.1. The number of fused-ring (bicyclic) bond motifs is 1. The summed E-state index contributed by atoms with van der Waals surface area (Å²) in [5, 5.41) is 3.65. The van der Waals surface area contributed by atoms with Crippen LogP contribution in [-0.2, 0) is 16.0 Å². The van der Waals surface area contributed by atoms with Crippen molar-refractivity contribution in [2.45, 2.75) is 18.9 Å².